The molecule has 0 atom stereocenters. The zero-order valence-corrected chi connectivity index (χ0v) is 12.3. The van der Waals surface area contributed by atoms with E-state index >= 15 is 0 Å². The van der Waals surface area contributed by atoms with Crippen molar-refractivity contribution in [1.29, 1.82) is 0 Å². The summed E-state index contributed by atoms with van der Waals surface area (Å²) in [5.41, 5.74) is -0.615. The number of benzene rings is 1. The Morgan fingerprint density at radius 3 is 2.11 bits per heavy atom. The van der Waals surface area contributed by atoms with Crippen LogP contribution in [-0.4, -0.2) is 21.0 Å². The normalized spacial score (nSPS) is 12.2. The number of hydrogen-bond donors (Lipinski definition) is 0. The molecule has 0 heterocycles. The molecule has 0 saturated heterocycles. The summed E-state index contributed by atoms with van der Waals surface area (Å²) in [5, 5.41) is 0. The van der Waals surface area contributed by atoms with Crippen LogP contribution >= 0.6 is 0 Å². The molecule has 0 amide bonds. The second-order valence-corrected chi connectivity index (χ2v) is 6.59. The molecule has 1 rings (SSSR count). The van der Waals surface area contributed by atoms with Crippen LogP contribution in [0.2, 0.25) is 0 Å². The zero-order valence-electron chi connectivity index (χ0n) is 11.5. The van der Waals surface area contributed by atoms with Crippen LogP contribution < -0.4 is 4.74 Å². The topological polar surface area (TPSA) is 69.7 Å². The van der Waals surface area contributed by atoms with E-state index in [1.54, 1.807) is 27.7 Å². The molecule has 0 spiro atoms. The molecule has 1 aromatic carbocycles. The van der Waals surface area contributed by atoms with E-state index in [2.05, 4.69) is 4.18 Å². The molecule has 1 aromatic rings. The third kappa shape index (κ3) is 4.33. The highest BCUT2D eigenvalue weighted by atomic mass is 32.2. The first-order chi connectivity index (χ1) is 8.66. The lowest BCUT2D eigenvalue weighted by Gasteiger charge is -2.16. The number of esters is 1. The summed E-state index contributed by atoms with van der Waals surface area (Å²) in [4.78, 5) is 11.7. The predicted molar refractivity (Wildman–Crippen MR) is 70.3 cm³/mol. The molecular formula is C13H18O5S. The van der Waals surface area contributed by atoms with Crippen molar-refractivity contribution in [3.63, 3.8) is 0 Å². The van der Waals surface area contributed by atoms with Gasteiger partial charge in [-0.1, -0.05) is 0 Å². The van der Waals surface area contributed by atoms with Crippen LogP contribution in [-0.2, 0) is 19.1 Å². The minimum atomic E-state index is -3.72. The van der Waals surface area contributed by atoms with E-state index in [0.29, 0.717) is 5.75 Å². The van der Waals surface area contributed by atoms with Gasteiger partial charge in [-0.15, -0.1) is 0 Å². The van der Waals surface area contributed by atoms with Gasteiger partial charge in [0.15, 0.2) is 0 Å². The molecular weight excluding hydrogens is 268 g/mol. The van der Waals surface area contributed by atoms with Crippen molar-refractivity contribution in [2.75, 3.05) is 6.61 Å². The molecule has 19 heavy (non-hydrogen) atoms. The van der Waals surface area contributed by atoms with Crippen LogP contribution in [0.1, 0.15) is 27.7 Å². The average Bonchev–Trinajstić information content (AvgIpc) is 2.28. The Hall–Kier alpha value is -1.40. The average molecular weight is 286 g/mol. The monoisotopic (exact) mass is 286 g/mol. The summed E-state index contributed by atoms with van der Waals surface area (Å²) in [6.45, 7) is 6.88. The lowest BCUT2D eigenvalue weighted by Crippen LogP contribution is -2.25. The van der Waals surface area contributed by atoms with Crippen LogP contribution in [0.5, 0.6) is 5.75 Å². The third-order valence-electron chi connectivity index (χ3n) is 2.21. The molecule has 0 radical (unpaired) electrons. The highest BCUT2D eigenvalue weighted by Crippen LogP contribution is 2.21. The van der Waals surface area contributed by atoms with Gasteiger partial charge in [-0.2, -0.15) is 8.42 Å². The molecule has 0 bridgehead atoms. The number of carbonyl (C=O) groups is 1. The Bertz CT molecular complexity index is 537. The zero-order chi connectivity index (χ0) is 14.7. The molecule has 0 aromatic heterocycles. The number of hydrogen-bond acceptors (Lipinski definition) is 5. The maximum Gasteiger partial charge on any atom is 0.316 e. The molecule has 0 aliphatic rings. The van der Waals surface area contributed by atoms with Crippen LogP contribution in [0.4, 0.5) is 0 Å². The van der Waals surface area contributed by atoms with Gasteiger partial charge in [0.1, 0.15) is 5.75 Å². The predicted octanol–water partition coefficient (Wildman–Crippen LogP) is 2.36. The van der Waals surface area contributed by atoms with Gasteiger partial charge in [-0.25, -0.2) is 0 Å². The van der Waals surface area contributed by atoms with Crippen LogP contribution in [0.25, 0.3) is 0 Å². The third-order valence-corrected chi connectivity index (χ3v) is 3.60. The van der Waals surface area contributed by atoms with Gasteiger partial charge in [0.25, 0.3) is 10.1 Å². The second-order valence-electron chi connectivity index (χ2n) is 4.97. The maximum atomic E-state index is 11.7. The minimum Gasteiger partial charge on any atom is -0.426 e. The molecule has 0 aliphatic heterocycles. The molecule has 6 heteroatoms. The molecule has 0 unspecified atom stereocenters. The summed E-state index contributed by atoms with van der Waals surface area (Å²) in [6.07, 6.45) is 0. The molecule has 106 valence electrons. The van der Waals surface area contributed by atoms with E-state index in [4.69, 9.17) is 4.74 Å². The van der Waals surface area contributed by atoms with Gasteiger partial charge in [0.2, 0.25) is 0 Å². The number of rotatable bonds is 4. The molecule has 0 fully saturated rings. The van der Waals surface area contributed by atoms with Gasteiger partial charge in [0.05, 0.1) is 16.9 Å². The Balaban J connectivity index is 2.86. The van der Waals surface area contributed by atoms with Gasteiger partial charge >= 0.3 is 5.97 Å². The van der Waals surface area contributed by atoms with Gasteiger partial charge in [-0.3, -0.25) is 8.98 Å². The first-order valence-electron chi connectivity index (χ1n) is 5.88. The Morgan fingerprint density at radius 1 is 1.16 bits per heavy atom. The largest absolute Gasteiger partial charge is 0.426 e. The first kappa shape index (κ1) is 15.7. The van der Waals surface area contributed by atoms with Gasteiger partial charge in [0, 0.05) is 0 Å². The summed E-state index contributed by atoms with van der Waals surface area (Å²) >= 11 is 0. The summed E-state index contributed by atoms with van der Waals surface area (Å²) in [7, 11) is -3.72. The van der Waals surface area contributed by atoms with Crippen LogP contribution in [0.15, 0.2) is 29.2 Å². The van der Waals surface area contributed by atoms with E-state index in [0.717, 1.165) is 0 Å². The van der Waals surface area contributed by atoms with Crippen LogP contribution in [0.3, 0.4) is 0 Å². The number of carbonyl (C=O) groups excluding carboxylic acids is 1. The Labute approximate surface area is 113 Å². The van der Waals surface area contributed by atoms with Crippen molar-refractivity contribution in [3.05, 3.63) is 24.3 Å². The summed E-state index contributed by atoms with van der Waals surface area (Å²) in [6, 6.07) is 5.54. The van der Waals surface area contributed by atoms with Gasteiger partial charge in [-0.05, 0) is 52.0 Å². The van der Waals surface area contributed by atoms with Crippen molar-refractivity contribution in [1.82, 2.24) is 0 Å². The van der Waals surface area contributed by atoms with Crippen molar-refractivity contribution < 1.29 is 22.1 Å². The van der Waals surface area contributed by atoms with E-state index < -0.39 is 15.5 Å². The standard InChI is InChI=1S/C13H18O5S/c1-5-17-19(15,16)11-8-6-10(7-9-11)18-12(14)13(2,3)4/h6-9H,5H2,1-4H3. The summed E-state index contributed by atoms with van der Waals surface area (Å²) in [5.74, 6) is -0.0803. The lowest BCUT2D eigenvalue weighted by molar-refractivity contribution is -0.142. The summed E-state index contributed by atoms with van der Waals surface area (Å²) < 4.78 is 33.0. The van der Waals surface area contributed by atoms with E-state index in [9.17, 15) is 13.2 Å². The van der Waals surface area contributed by atoms with E-state index in [1.807, 2.05) is 0 Å². The molecule has 0 aliphatic carbocycles. The van der Waals surface area contributed by atoms with Crippen molar-refractivity contribution in [3.8, 4) is 5.75 Å². The van der Waals surface area contributed by atoms with Crippen LogP contribution in [0, 0.1) is 5.41 Å². The van der Waals surface area contributed by atoms with E-state index in [-0.39, 0.29) is 17.5 Å². The highest BCUT2D eigenvalue weighted by molar-refractivity contribution is 7.86. The van der Waals surface area contributed by atoms with Crippen molar-refractivity contribution >= 4 is 16.1 Å². The fourth-order valence-electron chi connectivity index (χ4n) is 1.16. The van der Waals surface area contributed by atoms with E-state index in [1.165, 1.54) is 24.3 Å². The SMILES string of the molecule is CCOS(=O)(=O)c1ccc(OC(=O)C(C)(C)C)cc1. The Morgan fingerprint density at radius 2 is 1.68 bits per heavy atom. The van der Waals surface area contributed by atoms with Crippen molar-refractivity contribution in [2.24, 2.45) is 5.41 Å². The second kappa shape index (κ2) is 5.71. The van der Waals surface area contributed by atoms with Gasteiger partial charge < -0.3 is 4.74 Å². The number of ether oxygens (including phenoxy) is 1. The first-order valence-corrected chi connectivity index (χ1v) is 7.29. The smallest absolute Gasteiger partial charge is 0.316 e. The molecule has 5 nitrogen and oxygen atoms in total. The quantitative estimate of drug-likeness (QED) is 0.483. The fourth-order valence-corrected chi connectivity index (χ4v) is 2.07. The molecule has 0 saturated carbocycles. The maximum absolute atomic E-state index is 11.7. The fraction of sp³-hybridized carbons (Fsp3) is 0.462. The highest BCUT2D eigenvalue weighted by Gasteiger charge is 2.24. The van der Waals surface area contributed by atoms with Crippen molar-refractivity contribution in [2.45, 2.75) is 32.6 Å². The molecule has 0 N–H and O–H groups in total. The lowest BCUT2D eigenvalue weighted by atomic mass is 9.97. The minimum absolute atomic E-state index is 0.0323. The Kier molecular flexibility index (Phi) is 4.70.